The molecule has 2 N–H and O–H groups in total. The summed E-state index contributed by atoms with van der Waals surface area (Å²) in [4.78, 5) is 23.5. The highest BCUT2D eigenvalue weighted by atomic mass is 16.5. The van der Waals surface area contributed by atoms with E-state index in [2.05, 4.69) is 28.8 Å². The minimum Gasteiger partial charge on any atom is -0.362 e. The van der Waals surface area contributed by atoms with Gasteiger partial charge in [-0.15, -0.1) is 0 Å². The molecule has 5 heteroatoms. The third kappa shape index (κ3) is 3.94. The molecule has 2 aliphatic rings. The van der Waals surface area contributed by atoms with Gasteiger partial charge < -0.3 is 10.1 Å². The van der Waals surface area contributed by atoms with Crippen molar-refractivity contribution in [3.63, 3.8) is 0 Å². The molecule has 0 saturated carbocycles. The summed E-state index contributed by atoms with van der Waals surface area (Å²) in [6.45, 7) is 0.388. The quantitative estimate of drug-likeness (QED) is 0.621. The van der Waals surface area contributed by atoms with E-state index in [4.69, 9.17) is 4.74 Å². The molecule has 140 valence electrons. The van der Waals surface area contributed by atoms with Crippen LogP contribution in [0.25, 0.3) is 5.57 Å². The second-order valence-electron chi connectivity index (χ2n) is 6.76. The topological polar surface area (TPSA) is 67.4 Å². The SMILES string of the molecule is O=C1NC(=O)/C(=C/C2(OCc3ccccc3)C=CC(c3ccccc3)=CC2)N1. The van der Waals surface area contributed by atoms with Crippen LogP contribution >= 0.6 is 0 Å². The maximum absolute atomic E-state index is 12.0. The summed E-state index contributed by atoms with van der Waals surface area (Å²) in [6.07, 6.45) is 8.27. The predicted molar refractivity (Wildman–Crippen MR) is 107 cm³/mol. The highest BCUT2D eigenvalue weighted by molar-refractivity contribution is 6.11. The number of hydrogen-bond acceptors (Lipinski definition) is 3. The van der Waals surface area contributed by atoms with Crippen molar-refractivity contribution in [1.82, 2.24) is 10.6 Å². The Morgan fingerprint density at radius 2 is 1.68 bits per heavy atom. The van der Waals surface area contributed by atoms with E-state index in [-0.39, 0.29) is 5.70 Å². The van der Waals surface area contributed by atoms with Crippen molar-refractivity contribution in [1.29, 1.82) is 0 Å². The van der Waals surface area contributed by atoms with Crippen molar-refractivity contribution in [2.24, 2.45) is 0 Å². The molecule has 4 rings (SSSR count). The highest BCUT2D eigenvalue weighted by Gasteiger charge is 2.32. The van der Waals surface area contributed by atoms with Crippen LogP contribution in [0.1, 0.15) is 17.5 Å². The fourth-order valence-corrected chi connectivity index (χ4v) is 3.26. The van der Waals surface area contributed by atoms with Crippen molar-refractivity contribution >= 4 is 17.5 Å². The Morgan fingerprint density at radius 1 is 0.964 bits per heavy atom. The maximum Gasteiger partial charge on any atom is 0.326 e. The van der Waals surface area contributed by atoms with Gasteiger partial charge in [0.15, 0.2) is 0 Å². The van der Waals surface area contributed by atoms with Gasteiger partial charge in [0.05, 0.1) is 6.61 Å². The molecule has 1 aliphatic heterocycles. The van der Waals surface area contributed by atoms with Gasteiger partial charge in [-0.25, -0.2) is 4.79 Å². The van der Waals surface area contributed by atoms with E-state index in [1.54, 1.807) is 6.08 Å². The molecule has 1 fully saturated rings. The van der Waals surface area contributed by atoms with Crippen LogP contribution in [-0.4, -0.2) is 17.5 Å². The van der Waals surface area contributed by atoms with E-state index >= 15 is 0 Å². The summed E-state index contributed by atoms with van der Waals surface area (Å²) in [5.41, 5.74) is 2.64. The van der Waals surface area contributed by atoms with Gasteiger partial charge in [-0.2, -0.15) is 0 Å². The first-order valence-electron chi connectivity index (χ1n) is 9.11. The zero-order valence-corrected chi connectivity index (χ0v) is 15.2. The Morgan fingerprint density at radius 3 is 2.29 bits per heavy atom. The molecule has 2 aromatic rings. The standard InChI is InChI=1S/C23H20N2O3/c26-21-20(24-22(27)25-21)15-23(28-16-17-7-3-1-4-8-17)13-11-19(12-14-23)18-9-5-2-6-10-18/h1-13,15H,14,16H2,(H2,24,25,26,27)/b20-15-. The predicted octanol–water partition coefficient (Wildman–Crippen LogP) is 3.71. The average Bonchev–Trinajstić information content (AvgIpc) is 3.05. The fourth-order valence-electron chi connectivity index (χ4n) is 3.26. The molecule has 3 amide bonds. The number of urea groups is 1. The number of benzene rings is 2. The maximum atomic E-state index is 12.0. The molecule has 0 aromatic heterocycles. The van der Waals surface area contributed by atoms with Crippen molar-refractivity contribution in [2.45, 2.75) is 18.6 Å². The minimum absolute atomic E-state index is 0.208. The first-order chi connectivity index (χ1) is 13.6. The van der Waals surface area contributed by atoms with E-state index in [0.29, 0.717) is 13.0 Å². The minimum atomic E-state index is -0.821. The summed E-state index contributed by atoms with van der Waals surface area (Å²) >= 11 is 0. The fraction of sp³-hybridized carbons (Fsp3) is 0.130. The van der Waals surface area contributed by atoms with Crippen LogP contribution in [0.3, 0.4) is 0 Å². The van der Waals surface area contributed by atoms with E-state index < -0.39 is 17.5 Å². The van der Waals surface area contributed by atoms with Gasteiger partial charge in [-0.05, 0) is 28.9 Å². The zero-order chi connectivity index (χ0) is 19.4. The number of hydrogen-bond donors (Lipinski definition) is 2. The summed E-state index contributed by atoms with van der Waals surface area (Å²) in [7, 11) is 0. The van der Waals surface area contributed by atoms with Gasteiger partial charge in [0.2, 0.25) is 0 Å². The molecule has 1 unspecified atom stereocenters. The van der Waals surface area contributed by atoms with Crippen LogP contribution in [-0.2, 0) is 16.1 Å². The molecule has 0 bridgehead atoms. The van der Waals surface area contributed by atoms with E-state index in [1.807, 2.05) is 60.7 Å². The van der Waals surface area contributed by atoms with Crippen LogP contribution in [0.5, 0.6) is 0 Å². The summed E-state index contributed by atoms with van der Waals surface area (Å²) in [5.74, 6) is -0.445. The number of amides is 3. The van der Waals surface area contributed by atoms with E-state index in [0.717, 1.165) is 16.7 Å². The van der Waals surface area contributed by atoms with Crippen LogP contribution < -0.4 is 10.6 Å². The molecular weight excluding hydrogens is 352 g/mol. The Hall–Kier alpha value is -3.44. The summed E-state index contributed by atoms with van der Waals surface area (Å²) in [5, 5.41) is 4.77. The first kappa shape index (κ1) is 17.9. The number of rotatable bonds is 5. The lowest BCUT2D eigenvalue weighted by Gasteiger charge is -2.30. The van der Waals surface area contributed by atoms with Crippen molar-refractivity contribution in [3.05, 3.63) is 102 Å². The molecule has 5 nitrogen and oxygen atoms in total. The van der Waals surface area contributed by atoms with Gasteiger partial charge in [-0.1, -0.05) is 72.8 Å². The lowest BCUT2D eigenvalue weighted by molar-refractivity contribution is -0.115. The number of carbonyl (C=O) groups excluding carboxylic acids is 2. The first-order valence-corrected chi connectivity index (χ1v) is 9.11. The number of ether oxygens (including phenoxy) is 1. The molecule has 28 heavy (non-hydrogen) atoms. The van der Waals surface area contributed by atoms with Crippen LogP contribution in [0, 0.1) is 0 Å². The third-order valence-corrected chi connectivity index (χ3v) is 4.75. The zero-order valence-electron chi connectivity index (χ0n) is 15.2. The van der Waals surface area contributed by atoms with Crippen LogP contribution in [0.15, 0.2) is 90.7 Å². The molecule has 1 heterocycles. The Bertz CT molecular complexity index is 977. The number of nitrogens with one attached hydrogen (secondary N) is 2. The second kappa shape index (κ2) is 7.66. The monoisotopic (exact) mass is 372 g/mol. The summed E-state index contributed by atoms with van der Waals surface area (Å²) < 4.78 is 6.25. The number of imide groups is 1. The lowest BCUT2D eigenvalue weighted by Crippen LogP contribution is -2.31. The molecule has 2 aromatic carbocycles. The largest absolute Gasteiger partial charge is 0.362 e. The molecular formula is C23H20N2O3. The molecule has 0 spiro atoms. The molecule has 0 radical (unpaired) electrons. The van der Waals surface area contributed by atoms with E-state index in [1.165, 1.54) is 0 Å². The Kier molecular flexibility index (Phi) is 4.91. The van der Waals surface area contributed by atoms with E-state index in [9.17, 15) is 9.59 Å². The smallest absolute Gasteiger partial charge is 0.326 e. The average molecular weight is 372 g/mol. The van der Waals surface area contributed by atoms with Gasteiger partial charge >= 0.3 is 6.03 Å². The molecule has 1 saturated heterocycles. The molecule has 1 atom stereocenters. The van der Waals surface area contributed by atoms with Crippen LogP contribution in [0.2, 0.25) is 0 Å². The second-order valence-corrected chi connectivity index (χ2v) is 6.76. The summed E-state index contributed by atoms with van der Waals surface area (Å²) in [6, 6.07) is 19.4. The van der Waals surface area contributed by atoms with Gasteiger partial charge in [0.25, 0.3) is 5.91 Å². The van der Waals surface area contributed by atoms with Crippen LogP contribution in [0.4, 0.5) is 4.79 Å². The lowest BCUT2D eigenvalue weighted by atomic mass is 9.88. The molecule has 1 aliphatic carbocycles. The van der Waals surface area contributed by atoms with Crippen molar-refractivity contribution < 1.29 is 14.3 Å². The van der Waals surface area contributed by atoms with Gasteiger partial charge in [-0.3, -0.25) is 10.1 Å². The number of carbonyl (C=O) groups is 2. The Labute approximate surface area is 163 Å². The highest BCUT2D eigenvalue weighted by Crippen LogP contribution is 2.32. The van der Waals surface area contributed by atoms with Crippen molar-refractivity contribution in [3.8, 4) is 0 Å². The van der Waals surface area contributed by atoms with Crippen molar-refractivity contribution in [2.75, 3.05) is 0 Å². The normalized spacial score (nSPS) is 22.7. The number of allylic oxidation sites excluding steroid dienone is 2. The third-order valence-electron chi connectivity index (χ3n) is 4.75. The van der Waals surface area contributed by atoms with Gasteiger partial charge in [0, 0.05) is 6.42 Å². The Balaban J connectivity index is 1.61. The van der Waals surface area contributed by atoms with Gasteiger partial charge in [0.1, 0.15) is 11.3 Å².